The quantitative estimate of drug-likeness (QED) is 0.787. The van der Waals surface area contributed by atoms with Gasteiger partial charge in [-0.05, 0) is 36.8 Å². The third-order valence-electron chi connectivity index (χ3n) is 3.05. The summed E-state index contributed by atoms with van der Waals surface area (Å²) in [6.07, 6.45) is 1.78. The monoisotopic (exact) mass is 288 g/mol. The Morgan fingerprint density at radius 2 is 2.10 bits per heavy atom. The van der Waals surface area contributed by atoms with Crippen molar-refractivity contribution in [2.45, 2.75) is 6.92 Å². The van der Waals surface area contributed by atoms with Gasteiger partial charge in [0.1, 0.15) is 11.3 Å². The van der Waals surface area contributed by atoms with E-state index in [2.05, 4.69) is 9.97 Å². The SMILES string of the molecule is COc1ccc(-n2c(N)nc3cc(C)cnc32)cc1Cl. The van der Waals surface area contributed by atoms with Crippen LogP contribution in [0.3, 0.4) is 0 Å². The van der Waals surface area contributed by atoms with Gasteiger partial charge < -0.3 is 10.5 Å². The molecule has 3 rings (SSSR count). The van der Waals surface area contributed by atoms with Gasteiger partial charge in [0.25, 0.3) is 0 Å². The van der Waals surface area contributed by atoms with Gasteiger partial charge in [0.15, 0.2) is 5.65 Å². The van der Waals surface area contributed by atoms with Gasteiger partial charge >= 0.3 is 0 Å². The summed E-state index contributed by atoms with van der Waals surface area (Å²) in [4.78, 5) is 8.72. The Balaban J connectivity index is 2.23. The number of methoxy groups -OCH3 is 1. The highest BCUT2D eigenvalue weighted by Crippen LogP contribution is 2.29. The molecule has 2 heterocycles. The van der Waals surface area contributed by atoms with E-state index in [1.54, 1.807) is 30.0 Å². The first kappa shape index (κ1) is 12.7. The van der Waals surface area contributed by atoms with Crippen molar-refractivity contribution < 1.29 is 4.74 Å². The summed E-state index contributed by atoms with van der Waals surface area (Å²) in [5.41, 5.74) is 9.29. The first-order valence-corrected chi connectivity index (χ1v) is 6.42. The molecule has 3 aromatic rings. The molecular formula is C14H13ClN4O. The predicted molar refractivity (Wildman–Crippen MR) is 79.6 cm³/mol. The van der Waals surface area contributed by atoms with E-state index in [0.717, 1.165) is 16.8 Å². The van der Waals surface area contributed by atoms with Crippen LogP contribution in [0.5, 0.6) is 5.75 Å². The molecule has 0 saturated heterocycles. The van der Waals surface area contributed by atoms with Gasteiger partial charge in [0.05, 0.1) is 17.8 Å². The predicted octanol–water partition coefficient (Wildman–Crippen LogP) is 2.97. The fourth-order valence-electron chi connectivity index (χ4n) is 2.13. The molecule has 0 amide bonds. The number of halogens is 1. The van der Waals surface area contributed by atoms with Crippen LogP contribution < -0.4 is 10.5 Å². The highest BCUT2D eigenvalue weighted by molar-refractivity contribution is 6.32. The van der Waals surface area contributed by atoms with E-state index >= 15 is 0 Å². The maximum atomic E-state index is 6.16. The van der Waals surface area contributed by atoms with Crippen molar-refractivity contribution in [3.63, 3.8) is 0 Å². The van der Waals surface area contributed by atoms with Crippen LogP contribution in [0.4, 0.5) is 5.95 Å². The molecule has 102 valence electrons. The molecule has 20 heavy (non-hydrogen) atoms. The van der Waals surface area contributed by atoms with E-state index < -0.39 is 0 Å². The molecule has 5 nitrogen and oxygen atoms in total. The molecule has 1 aromatic carbocycles. The van der Waals surface area contributed by atoms with Crippen LogP contribution in [0, 0.1) is 6.92 Å². The summed E-state index contributed by atoms with van der Waals surface area (Å²) in [7, 11) is 1.58. The zero-order valence-corrected chi connectivity index (χ0v) is 11.8. The van der Waals surface area contributed by atoms with E-state index in [1.807, 2.05) is 19.1 Å². The number of ether oxygens (including phenoxy) is 1. The summed E-state index contributed by atoms with van der Waals surface area (Å²) in [6, 6.07) is 7.38. The van der Waals surface area contributed by atoms with E-state index in [9.17, 15) is 0 Å². The van der Waals surface area contributed by atoms with Crippen LogP contribution in [-0.4, -0.2) is 21.6 Å². The molecule has 0 fully saturated rings. The molecule has 0 aliphatic heterocycles. The van der Waals surface area contributed by atoms with Crippen LogP contribution in [0.15, 0.2) is 30.5 Å². The number of nitrogens with two attached hydrogens (primary N) is 1. The topological polar surface area (TPSA) is 66.0 Å². The minimum Gasteiger partial charge on any atom is -0.495 e. The molecule has 0 radical (unpaired) electrons. The zero-order valence-electron chi connectivity index (χ0n) is 11.1. The van der Waals surface area contributed by atoms with E-state index in [-0.39, 0.29) is 0 Å². The smallest absolute Gasteiger partial charge is 0.207 e. The molecule has 0 atom stereocenters. The molecule has 0 spiro atoms. The second-order valence-electron chi connectivity index (χ2n) is 4.48. The molecule has 0 bridgehead atoms. The lowest BCUT2D eigenvalue weighted by molar-refractivity contribution is 0.415. The Hall–Kier alpha value is -2.27. The number of fused-ring (bicyclic) bond motifs is 1. The van der Waals surface area contributed by atoms with Crippen LogP contribution in [0.1, 0.15) is 5.56 Å². The summed E-state index contributed by atoms with van der Waals surface area (Å²) >= 11 is 6.16. The number of hydrogen-bond acceptors (Lipinski definition) is 4. The molecule has 2 N–H and O–H groups in total. The molecule has 0 aliphatic carbocycles. The van der Waals surface area contributed by atoms with E-state index in [4.69, 9.17) is 22.1 Å². The number of aryl methyl sites for hydroxylation is 1. The Morgan fingerprint density at radius 3 is 2.80 bits per heavy atom. The number of rotatable bonds is 2. The lowest BCUT2D eigenvalue weighted by Gasteiger charge is -2.08. The maximum Gasteiger partial charge on any atom is 0.207 e. The fourth-order valence-corrected chi connectivity index (χ4v) is 2.38. The molecule has 0 saturated carbocycles. The number of aromatic nitrogens is 3. The minimum atomic E-state index is 0.374. The molecule has 6 heteroatoms. The minimum absolute atomic E-state index is 0.374. The third-order valence-corrected chi connectivity index (χ3v) is 3.35. The highest BCUT2D eigenvalue weighted by Gasteiger charge is 2.12. The first-order valence-electron chi connectivity index (χ1n) is 6.04. The second-order valence-corrected chi connectivity index (χ2v) is 4.89. The van der Waals surface area contributed by atoms with Crippen molar-refractivity contribution >= 4 is 28.7 Å². The van der Waals surface area contributed by atoms with Gasteiger partial charge in [-0.2, -0.15) is 0 Å². The lowest BCUT2D eigenvalue weighted by atomic mass is 10.3. The van der Waals surface area contributed by atoms with Crippen molar-refractivity contribution in [1.82, 2.24) is 14.5 Å². The van der Waals surface area contributed by atoms with Crippen LogP contribution in [0.2, 0.25) is 5.02 Å². The van der Waals surface area contributed by atoms with Gasteiger partial charge in [-0.1, -0.05) is 11.6 Å². The molecule has 2 aromatic heterocycles. The Morgan fingerprint density at radius 1 is 1.30 bits per heavy atom. The summed E-state index contributed by atoms with van der Waals surface area (Å²) in [5.74, 6) is 0.988. The second kappa shape index (κ2) is 4.68. The van der Waals surface area contributed by atoms with Gasteiger partial charge in [-0.15, -0.1) is 0 Å². The van der Waals surface area contributed by atoms with Crippen LogP contribution in [0.25, 0.3) is 16.9 Å². The van der Waals surface area contributed by atoms with Crippen LogP contribution >= 0.6 is 11.6 Å². The Kier molecular flexibility index (Phi) is 2.99. The van der Waals surface area contributed by atoms with Crippen molar-refractivity contribution in [2.75, 3.05) is 12.8 Å². The number of anilines is 1. The molecule has 0 aliphatic rings. The third kappa shape index (κ3) is 1.96. The first-order chi connectivity index (χ1) is 9.60. The van der Waals surface area contributed by atoms with Crippen molar-refractivity contribution in [1.29, 1.82) is 0 Å². The van der Waals surface area contributed by atoms with Gasteiger partial charge in [-0.3, -0.25) is 4.57 Å². The van der Waals surface area contributed by atoms with Gasteiger partial charge in [0, 0.05) is 6.20 Å². The molecule has 0 unspecified atom stereocenters. The Labute approximate surface area is 121 Å². The average molecular weight is 289 g/mol. The van der Waals surface area contributed by atoms with E-state index in [1.165, 1.54) is 0 Å². The largest absolute Gasteiger partial charge is 0.495 e. The van der Waals surface area contributed by atoms with Gasteiger partial charge in [-0.25, -0.2) is 9.97 Å². The number of benzene rings is 1. The number of pyridine rings is 1. The maximum absolute atomic E-state index is 6.16. The molecular weight excluding hydrogens is 276 g/mol. The lowest BCUT2D eigenvalue weighted by Crippen LogP contribution is -2.01. The highest BCUT2D eigenvalue weighted by atomic mass is 35.5. The van der Waals surface area contributed by atoms with Crippen LogP contribution in [-0.2, 0) is 0 Å². The van der Waals surface area contributed by atoms with Crippen molar-refractivity contribution in [2.24, 2.45) is 0 Å². The average Bonchev–Trinajstić information content (AvgIpc) is 2.73. The summed E-state index contributed by atoms with van der Waals surface area (Å²) in [5, 5.41) is 0.512. The van der Waals surface area contributed by atoms with Crippen molar-refractivity contribution in [3.05, 3.63) is 41.0 Å². The standard InChI is InChI=1S/C14H13ClN4O/c1-8-5-11-13(17-7-8)19(14(16)18-11)9-3-4-12(20-2)10(15)6-9/h3-7H,1-2H3,(H2,16,18). The number of imidazole rings is 1. The Bertz CT molecular complexity index is 797. The van der Waals surface area contributed by atoms with Gasteiger partial charge in [0.2, 0.25) is 5.95 Å². The zero-order chi connectivity index (χ0) is 14.3. The normalized spacial score (nSPS) is 10.9. The summed E-state index contributed by atoms with van der Waals surface area (Å²) in [6.45, 7) is 1.96. The number of nitrogen functional groups attached to an aromatic ring is 1. The number of hydrogen-bond donors (Lipinski definition) is 1. The fraction of sp³-hybridized carbons (Fsp3) is 0.143. The summed E-state index contributed by atoms with van der Waals surface area (Å²) < 4.78 is 6.91. The van der Waals surface area contributed by atoms with E-state index in [0.29, 0.717) is 22.4 Å². The number of nitrogens with zero attached hydrogens (tertiary/aromatic N) is 3. The van der Waals surface area contributed by atoms with Crippen molar-refractivity contribution in [3.8, 4) is 11.4 Å².